The number of rotatable bonds is 3. The summed E-state index contributed by atoms with van der Waals surface area (Å²) in [6.45, 7) is 0.0396. The predicted molar refractivity (Wildman–Crippen MR) is 77.1 cm³/mol. The van der Waals surface area contributed by atoms with Crippen LogP contribution in [-0.4, -0.2) is 19.6 Å². The quantitative estimate of drug-likeness (QED) is 0.760. The molecule has 0 bridgehead atoms. The van der Waals surface area contributed by atoms with Crippen molar-refractivity contribution in [1.29, 1.82) is 0 Å². The Balaban J connectivity index is 2.05. The summed E-state index contributed by atoms with van der Waals surface area (Å²) >= 11 is 0. The highest BCUT2D eigenvalue weighted by molar-refractivity contribution is 5.64. The standard InChI is InChI=1S/C15H14N4O/c16-15-7-12(5-6-18-15)14-8-17-10-19(14)13-3-1-11(9-20)2-4-13/h1-8,10,20H,9H2,(H2,16,18). The molecule has 0 fully saturated rings. The molecule has 3 rings (SSSR count). The normalized spacial score (nSPS) is 10.7. The maximum atomic E-state index is 9.08. The molecule has 0 aliphatic heterocycles. The second kappa shape index (κ2) is 5.14. The molecule has 1 aromatic carbocycles. The summed E-state index contributed by atoms with van der Waals surface area (Å²) in [6.07, 6.45) is 5.21. The fraction of sp³-hybridized carbons (Fsp3) is 0.0667. The molecule has 0 unspecified atom stereocenters. The molecule has 0 spiro atoms. The number of aliphatic hydroxyl groups excluding tert-OH is 1. The van der Waals surface area contributed by atoms with Gasteiger partial charge in [0.25, 0.3) is 0 Å². The lowest BCUT2D eigenvalue weighted by Gasteiger charge is -2.09. The van der Waals surface area contributed by atoms with Gasteiger partial charge >= 0.3 is 0 Å². The zero-order chi connectivity index (χ0) is 13.9. The first-order valence-corrected chi connectivity index (χ1v) is 6.22. The summed E-state index contributed by atoms with van der Waals surface area (Å²) in [5.74, 6) is 0.478. The molecule has 0 amide bonds. The molecule has 0 atom stereocenters. The molecule has 0 aliphatic carbocycles. The van der Waals surface area contributed by atoms with Gasteiger partial charge in [0.2, 0.25) is 0 Å². The van der Waals surface area contributed by atoms with Crippen molar-refractivity contribution in [3.8, 4) is 16.9 Å². The molecule has 0 radical (unpaired) electrons. The van der Waals surface area contributed by atoms with E-state index in [4.69, 9.17) is 10.8 Å². The van der Waals surface area contributed by atoms with E-state index < -0.39 is 0 Å². The number of nitrogen functional groups attached to an aromatic ring is 1. The molecule has 20 heavy (non-hydrogen) atoms. The zero-order valence-electron chi connectivity index (χ0n) is 10.8. The van der Waals surface area contributed by atoms with E-state index in [2.05, 4.69) is 9.97 Å². The minimum atomic E-state index is 0.0396. The lowest BCUT2D eigenvalue weighted by Crippen LogP contribution is -1.97. The van der Waals surface area contributed by atoms with Gasteiger partial charge in [-0.05, 0) is 29.8 Å². The maximum Gasteiger partial charge on any atom is 0.123 e. The fourth-order valence-corrected chi connectivity index (χ4v) is 2.08. The summed E-state index contributed by atoms with van der Waals surface area (Å²) in [5, 5.41) is 9.08. The van der Waals surface area contributed by atoms with Crippen molar-refractivity contribution < 1.29 is 5.11 Å². The van der Waals surface area contributed by atoms with Crippen LogP contribution in [0.3, 0.4) is 0 Å². The third-order valence-electron chi connectivity index (χ3n) is 3.11. The highest BCUT2D eigenvalue weighted by Gasteiger charge is 2.07. The Morgan fingerprint density at radius 1 is 1.15 bits per heavy atom. The average Bonchev–Trinajstić information content (AvgIpc) is 2.97. The number of anilines is 1. The highest BCUT2D eigenvalue weighted by Crippen LogP contribution is 2.23. The number of imidazole rings is 1. The minimum absolute atomic E-state index is 0.0396. The Bertz CT molecular complexity index is 719. The molecule has 0 saturated heterocycles. The third kappa shape index (κ3) is 2.26. The van der Waals surface area contributed by atoms with E-state index in [9.17, 15) is 0 Å². The first kappa shape index (κ1) is 12.4. The summed E-state index contributed by atoms with van der Waals surface area (Å²) < 4.78 is 1.97. The van der Waals surface area contributed by atoms with Gasteiger partial charge in [-0.25, -0.2) is 9.97 Å². The van der Waals surface area contributed by atoms with Crippen LogP contribution in [0.1, 0.15) is 5.56 Å². The van der Waals surface area contributed by atoms with Crippen LogP contribution in [0.15, 0.2) is 55.1 Å². The Kier molecular flexibility index (Phi) is 3.18. The number of nitrogens with zero attached hydrogens (tertiary/aromatic N) is 3. The lowest BCUT2D eigenvalue weighted by molar-refractivity contribution is 0.282. The molecule has 5 nitrogen and oxygen atoms in total. The van der Waals surface area contributed by atoms with E-state index >= 15 is 0 Å². The second-order valence-corrected chi connectivity index (χ2v) is 4.44. The summed E-state index contributed by atoms with van der Waals surface area (Å²) in [4.78, 5) is 8.19. The minimum Gasteiger partial charge on any atom is -0.392 e. The van der Waals surface area contributed by atoms with Gasteiger partial charge < -0.3 is 10.8 Å². The molecular formula is C15H14N4O. The van der Waals surface area contributed by atoms with Gasteiger partial charge in [-0.3, -0.25) is 4.57 Å². The Morgan fingerprint density at radius 3 is 2.65 bits per heavy atom. The van der Waals surface area contributed by atoms with Crippen LogP contribution in [0.5, 0.6) is 0 Å². The van der Waals surface area contributed by atoms with Gasteiger partial charge in [0.15, 0.2) is 0 Å². The van der Waals surface area contributed by atoms with Crippen LogP contribution in [0, 0.1) is 0 Å². The van der Waals surface area contributed by atoms with Crippen LogP contribution in [0.2, 0.25) is 0 Å². The molecule has 100 valence electrons. The van der Waals surface area contributed by atoms with Crippen LogP contribution < -0.4 is 5.73 Å². The van der Waals surface area contributed by atoms with Gasteiger partial charge in [0.05, 0.1) is 24.8 Å². The van der Waals surface area contributed by atoms with Crippen molar-refractivity contribution in [1.82, 2.24) is 14.5 Å². The number of nitrogens with two attached hydrogens (primary N) is 1. The summed E-state index contributed by atoms with van der Waals surface area (Å²) in [5.41, 5.74) is 9.48. The van der Waals surface area contributed by atoms with E-state index in [0.717, 1.165) is 22.5 Å². The molecule has 0 aliphatic rings. The third-order valence-corrected chi connectivity index (χ3v) is 3.11. The SMILES string of the molecule is Nc1cc(-c2cncn2-c2ccc(CO)cc2)ccn1. The van der Waals surface area contributed by atoms with E-state index in [0.29, 0.717) is 5.82 Å². The smallest absolute Gasteiger partial charge is 0.123 e. The average molecular weight is 266 g/mol. The Hall–Kier alpha value is -2.66. The molecule has 2 aromatic heterocycles. The number of pyridine rings is 1. The topological polar surface area (TPSA) is 77.0 Å². The molecule has 3 N–H and O–H groups in total. The highest BCUT2D eigenvalue weighted by atomic mass is 16.3. The van der Waals surface area contributed by atoms with Crippen molar-refractivity contribution in [3.05, 3.63) is 60.7 Å². The van der Waals surface area contributed by atoms with Crippen molar-refractivity contribution >= 4 is 5.82 Å². The molecule has 5 heteroatoms. The Labute approximate surface area is 116 Å². The van der Waals surface area contributed by atoms with Gasteiger partial charge in [-0.1, -0.05) is 12.1 Å². The fourth-order valence-electron chi connectivity index (χ4n) is 2.08. The molecule has 2 heterocycles. The molecule has 3 aromatic rings. The zero-order valence-corrected chi connectivity index (χ0v) is 10.8. The van der Waals surface area contributed by atoms with E-state index in [1.807, 2.05) is 41.0 Å². The number of aromatic nitrogens is 3. The van der Waals surface area contributed by atoms with E-state index in [-0.39, 0.29) is 6.61 Å². The first-order chi connectivity index (χ1) is 9.78. The summed E-state index contributed by atoms with van der Waals surface area (Å²) in [7, 11) is 0. The number of hydrogen-bond acceptors (Lipinski definition) is 4. The van der Waals surface area contributed by atoms with Crippen LogP contribution in [-0.2, 0) is 6.61 Å². The largest absolute Gasteiger partial charge is 0.392 e. The predicted octanol–water partition coefficient (Wildman–Crippen LogP) is 2.01. The van der Waals surface area contributed by atoms with Crippen molar-refractivity contribution in [3.63, 3.8) is 0 Å². The lowest BCUT2D eigenvalue weighted by atomic mass is 10.2. The van der Waals surface area contributed by atoms with Gasteiger partial charge in [-0.15, -0.1) is 0 Å². The molecule has 0 saturated carbocycles. The first-order valence-electron chi connectivity index (χ1n) is 6.22. The van der Waals surface area contributed by atoms with E-state index in [1.165, 1.54) is 0 Å². The van der Waals surface area contributed by atoms with Crippen LogP contribution in [0.4, 0.5) is 5.82 Å². The molecular weight excluding hydrogens is 252 g/mol. The summed E-state index contributed by atoms with van der Waals surface area (Å²) in [6, 6.07) is 11.4. The Morgan fingerprint density at radius 2 is 1.95 bits per heavy atom. The number of hydrogen-bond donors (Lipinski definition) is 2. The van der Waals surface area contributed by atoms with Crippen LogP contribution >= 0.6 is 0 Å². The van der Waals surface area contributed by atoms with Crippen LogP contribution in [0.25, 0.3) is 16.9 Å². The number of aliphatic hydroxyl groups is 1. The van der Waals surface area contributed by atoms with Gasteiger partial charge in [0.1, 0.15) is 5.82 Å². The van der Waals surface area contributed by atoms with Crippen molar-refractivity contribution in [2.24, 2.45) is 0 Å². The van der Waals surface area contributed by atoms with Gasteiger partial charge in [-0.2, -0.15) is 0 Å². The van der Waals surface area contributed by atoms with Crippen molar-refractivity contribution in [2.45, 2.75) is 6.61 Å². The maximum absolute atomic E-state index is 9.08. The van der Waals surface area contributed by atoms with Crippen molar-refractivity contribution in [2.75, 3.05) is 5.73 Å². The monoisotopic (exact) mass is 266 g/mol. The number of benzene rings is 1. The van der Waals surface area contributed by atoms with Gasteiger partial charge in [0, 0.05) is 17.4 Å². The second-order valence-electron chi connectivity index (χ2n) is 4.44. The van der Waals surface area contributed by atoms with E-state index in [1.54, 1.807) is 18.7 Å².